The highest BCUT2D eigenvalue weighted by Gasteiger charge is 3.03. The van der Waals surface area contributed by atoms with Crippen LogP contribution in [-0.4, -0.2) is 5.78 Å². The standard InChI is InChI=1S/C13H18O/c1-4-12-6-5-8-10(2)7-11(3,9(12)14)13(8,10)12/h8H,4-7H2,1-3H3. The third-order valence-electron chi connectivity index (χ3n) is 6.85. The molecular formula is C13H18O. The second kappa shape index (κ2) is 1.52. The number of rotatable bonds is 1. The van der Waals surface area contributed by atoms with Gasteiger partial charge in [-0.1, -0.05) is 20.8 Å². The average Bonchev–Trinajstić information content (AvgIpc) is 2.56. The lowest BCUT2D eigenvalue weighted by atomic mass is 9.31. The van der Waals surface area contributed by atoms with Gasteiger partial charge < -0.3 is 0 Å². The highest BCUT2D eigenvalue weighted by atomic mass is 16.1. The van der Waals surface area contributed by atoms with Crippen molar-refractivity contribution in [3.05, 3.63) is 0 Å². The zero-order chi connectivity index (χ0) is 9.98. The Morgan fingerprint density at radius 3 is 2.64 bits per heavy atom. The Labute approximate surface area is 85.3 Å². The van der Waals surface area contributed by atoms with E-state index in [1.165, 1.54) is 19.3 Å². The fourth-order valence-electron chi connectivity index (χ4n) is 6.99. The van der Waals surface area contributed by atoms with Crippen LogP contribution in [0.5, 0.6) is 0 Å². The van der Waals surface area contributed by atoms with Gasteiger partial charge in [-0.25, -0.2) is 0 Å². The van der Waals surface area contributed by atoms with Gasteiger partial charge in [-0.05, 0) is 37.0 Å². The molecule has 0 aromatic rings. The molecule has 0 radical (unpaired) electrons. The first-order chi connectivity index (χ1) is 6.51. The van der Waals surface area contributed by atoms with E-state index in [9.17, 15) is 4.79 Å². The van der Waals surface area contributed by atoms with Crippen LogP contribution < -0.4 is 0 Å². The summed E-state index contributed by atoms with van der Waals surface area (Å²) in [5, 5.41) is 0. The number of ketones is 1. The molecule has 0 saturated heterocycles. The number of hydrogen-bond donors (Lipinski definition) is 0. The van der Waals surface area contributed by atoms with Gasteiger partial charge in [0.25, 0.3) is 0 Å². The van der Waals surface area contributed by atoms with E-state index in [0.29, 0.717) is 16.6 Å². The predicted molar refractivity (Wildman–Crippen MR) is 53.7 cm³/mol. The molecule has 14 heavy (non-hydrogen) atoms. The molecular weight excluding hydrogens is 172 g/mol. The van der Waals surface area contributed by atoms with Crippen LogP contribution in [0.3, 0.4) is 0 Å². The van der Waals surface area contributed by atoms with Gasteiger partial charge in [-0.15, -0.1) is 0 Å². The Morgan fingerprint density at radius 1 is 1.43 bits per heavy atom. The first-order valence-corrected chi connectivity index (χ1v) is 6.06. The first-order valence-electron chi connectivity index (χ1n) is 6.06. The smallest absolute Gasteiger partial charge is 0.146 e. The van der Waals surface area contributed by atoms with E-state index in [2.05, 4.69) is 20.8 Å². The van der Waals surface area contributed by atoms with E-state index in [1.807, 2.05) is 0 Å². The van der Waals surface area contributed by atoms with Crippen molar-refractivity contribution >= 4 is 5.78 Å². The third kappa shape index (κ3) is 0.328. The third-order valence-corrected chi connectivity index (χ3v) is 6.85. The lowest BCUT2D eigenvalue weighted by Gasteiger charge is -2.69. The van der Waals surface area contributed by atoms with Crippen LogP contribution in [0.2, 0.25) is 0 Å². The lowest BCUT2D eigenvalue weighted by molar-refractivity contribution is -0.217. The maximum absolute atomic E-state index is 12.3. The molecule has 4 rings (SSSR count). The van der Waals surface area contributed by atoms with Crippen LogP contribution in [-0.2, 0) is 4.79 Å². The second-order valence-corrected chi connectivity index (χ2v) is 6.59. The zero-order valence-corrected chi connectivity index (χ0v) is 9.31. The Balaban J connectivity index is 1.96. The lowest BCUT2D eigenvalue weighted by Crippen LogP contribution is -2.73. The molecule has 0 N–H and O–H groups in total. The van der Waals surface area contributed by atoms with Gasteiger partial charge in [0.2, 0.25) is 0 Å². The molecule has 0 aromatic carbocycles. The molecule has 5 atom stereocenters. The van der Waals surface area contributed by atoms with Crippen LogP contribution in [0.15, 0.2) is 0 Å². The SMILES string of the molecule is CCC12CCC3C4(C)CC(C)(C1=O)C324. The predicted octanol–water partition coefficient (Wildman–Crippen LogP) is 2.79. The number of Topliss-reactive ketones (excluding diaryl/α,β-unsaturated/α-hetero) is 1. The highest BCUT2D eigenvalue weighted by molar-refractivity contribution is 6.04. The second-order valence-electron chi connectivity index (χ2n) is 6.59. The summed E-state index contributed by atoms with van der Waals surface area (Å²) < 4.78 is 0. The Bertz CT molecular complexity index is 387. The molecule has 0 aromatic heterocycles. The monoisotopic (exact) mass is 190 g/mol. The van der Waals surface area contributed by atoms with E-state index in [0.717, 1.165) is 12.3 Å². The van der Waals surface area contributed by atoms with Gasteiger partial charge in [-0.3, -0.25) is 4.79 Å². The average molecular weight is 190 g/mol. The van der Waals surface area contributed by atoms with Crippen LogP contribution in [0, 0.1) is 27.6 Å². The van der Waals surface area contributed by atoms with Crippen molar-refractivity contribution in [1.29, 1.82) is 0 Å². The number of hydrogen-bond acceptors (Lipinski definition) is 1. The Hall–Kier alpha value is -0.330. The number of carbonyl (C=O) groups is 1. The van der Waals surface area contributed by atoms with Gasteiger partial charge in [0.15, 0.2) is 0 Å². The molecule has 0 aliphatic heterocycles. The molecule has 5 unspecified atom stereocenters. The van der Waals surface area contributed by atoms with Crippen molar-refractivity contribution in [1.82, 2.24) is 0 Å². The molecule has 1 nitrogen and oxygen atoms in total. The minimum atomic E-state index is 0.124. The molecule has 4 fully saturated rings. The van der Waals surface area contributed by atoms with Crippen molar-refractivity contribution in [3.63, 3.8) is 0 Å². The van der Waals surface area contributed by atoms with Crippen molar-refractivity contribution in [2.24, 2.45) is 27.6 Å². The maximum Gasteiger partial charge on any atom is 0.146 e. The van der Waals surface area contributed by atoms with Crippen molar-refractivity contribution in [2.45, 2.75) is 46.5 Å². The quantitative estimate of drug-likeness (QED) is 0.621. The molecule has 76 valence electrons. The molecule has 1 spiro atoms. The Morgan fingerprint density at radius 2 is 2.14 bits per heavy atom. The number of carbonyl (C=O) groups excluding carboxylic acids is 1. The van der Waals surface area contributed by atoms with E-state index >= 15 is 0 Å². The van der Waals surface area contributed by atoms with Gasteiger partial charge in [0, 0.05) is 16.2 Å². The molecule has 4 aliphatic carbocycles. The van der Waals surface area contributed by atoms with Crippen LogP contribution in [0.4, 0.5) is 0 Å². The van der Waals surface area contributed by atoms with Crippen LogP contribution >= 0.6 is 0 Å². The number of fused-ring (bicyclic) bond motifs is 1. The molecule has 1 heteroatoms. The maximum atomic E-state index is 12.3. The van der Waals surface area contributed by atoms with E-state index in [-0.39, 0.29) is 10.8 Å². The summed E-state index contributed by atoms with van der Waals surface area (Å²) in [6.07, 6.45) is 4.85. The summed E-state index contributed by atoms with van der Waals surface area (Å²) in [7, 11) is 0. The molecule has 0 amide bonds. The zero-order valence-electron chi connectivity index (χ0n) is 9.31. The van der Waals surface area contributed by atoms with E-state index < -0.39 is 0 Å². The van der Waals surface area contributed by atoms with Gasteiger partial charge in [0.1, 0.15) is 5.78 Å². The summed E-state index contributed by atoms with van der Waals surface area (Å²) >= 11 is 0. The highest BCUT2D eigenvalue weighted by Crippen LogP contribution is 3.04. The van der Waals surface area contributed by atoms with Crippen LogP contribution in [0.25, 0.3) is 0 Å². The van der Waals surface area contributed by atoms with Crippen LogP contribution in [0.1, 0.15) is 46.5 Å². The van der Waals surface area contributed by atoms with E-state index in [4.69, 9.17) is 0 Å². The first kappa shape index (κ1) is 7.90. The Kier molecular flexibility index (Phi) is 0.859. The van der Waals surface area contributed by atoms with Gasteiger partial charge >= 0.3 is 0 Å². The summed E-state index contributed by atoms with van der Waals surface area (Å²) in [5.74, 6) is 1.54. The summed E-state index contributed by atoms with van der Waals surface area (Å²) in [6.45, 7) is 6.91. The van der Waals surface area contributed by atoms with Gasteiger partial charge in [-0.2, -0.15) is 0 Å². The van der Waals surface area contributed by atoms with Crippen molar-refractivity contribution in [2.75, 3.05) is 0 Å². The fraction of sp³-hybridized carbons (Fsp3) is 0.923. The molecule has 4 aliphatic rings. The van der Waals surface area contributed by atoms with Crippen molar-refractivity contribution in [3.8, 4) is 0 Å². The fourth-order valence-corrected chi connectivity index (χ4v) is 6.99. The van der Waals surface area contributed by atoms with Crippen molar-refractivity contribution < 1.29 is 4.79 Å². The summed E-state index contributed by atoms with van der Waals surface area (Å²) in [4.78, 5) is 12.3. The topological polar surface area (TPSA) is 17.1 Å². The normalized spacial score (nSPS) is 71.9. The largest absolute Gasteiger partial charge is 0.298 e. The summed E-state index contributed by atoms with van der Waals surface area (Å²) in [6, 6.07) is 0. The minimum absolute atomic E-state index is 0.124. The molecule has 4 saturated carbocycles. The minimum Gasteiger partial charge on any atom is -0.298 e. The van der Waals surface area contributed by atoms with Gasteiger partial charge in [0.05, 0.1) is 0 Å². The molecule has 0 bridgehead atoms. The summed E-state index contributed by atoms with van der Waals surface area (Å²) in [5.41, 5.74) is 1.36. The van der Waals surface area contributed by atoms with E-state index in [1.54, 1.807) is 0 Å². The molecule has 0 heterocycles.